The molecule has 0 saturated heterocycles. The van der Waals surface area contributed by atoms with E-state index in [1.165, 1.54) is 23.1 Å². The highest BCUT2D eigenvalue weighted by atomic mass is 16.5. The first-order chi connectivity index (χ1) is 10.0. The molecule has 116 valence electrons. The molecule has 1 rings (SSSR count). The van der Waals surface area contributed by atoms with Crippen LogP contribution in [-0.4, -0.2) is 50.5 Å². The quantitative estimate of drug-likeness (QED) is 0.547. The second-order valence-corrected chi connectivity index (χ2v) is 4.26. The number of carboxylic acid groups (broad SMARTS) is 1. The number of carbonyl (C=O) groups is 2. The number of hydrogen-bond acceptors (Lipinski definition) is 5. The third kappa shape index (κ3) is 4.73. The zero-order valence-corrected chi connectivity index (χ0v) is 12.2. The summed E-state index contributed by atoms with van der Waals surface area (Å²) in [6.07, 6.45) is 0. The maximum Gasteiger partial charge on any atom is 0.335 e. The normalized spacial score (nSPS) is 10.4. The summed E-state index contributed by atoms with van der Waals surface area (Å²) in [7, 11) is 1.55. The number of ether oxygens (including phenoxy) is 2. The number of nitrogen functional groups attached to an aromatic ring is 1. The van der Waals surface area contributed by atoms with Crippen LogP contribution in [0.3, 0.4) is 0 Å². The molecule has 0 bridgehead atoms. The first kappa shape index (κ1) is 16.9. The molecule has 1 amide bonds. The van der Waals surface area contributed by atoms with Crippen molar-refractivity contribution >= 4 is 23.3 Å². The molecule has 1 aromatic rings. The van der Waals surface area contributed by atoms with Crippen molar-refractivity contribution in [3.05, 3.63) is 23.8 Å². The molecule has 0 fully saturated rings. The van der Waals surface area contributed by atoms with E-state index in [0.717, 1.165) is 0 Å². The molecule has 7 nitrogen and oxygen atoms in total. The summed E-state index contributed by atoms with van der Waals surface area (Å²) < 4.78 is 10.0. The number of amides is 1. The summed E-state index contributed by atoms with van der Waals surface area (Å²) in [5.41, 5.74) is 6.62. The van der Waals surface area contributed by atoms with Crippen LogP contribution in [0.1, 0.15) is 17.3 Å². The average Bonchev–Trinajstić information content (AvgIpc) is 2.45. The number of aromatic carboxylic acids is 1. The molecule has 0 aliphatic carbocycles. The van der Waals surface area contributed by atoms with E-state index in [4.69, 9.17) is 20.3 Å². The first-order valence-corrected chi connectivity index (χ1v) is 6.51. The van der Waals surface area contributed by atoms with Crippen molar-refractivity contribution in [3.8, 4) is 0 Å². The van der Waals surface area contributed by atoms with Gasteiger partial charge in [0.05, 0.1) is 30.2 Å². The van der Waals surface area contributed by atoms with Gasteiger partial charge in [-0.3, -0.25) is 4.79 Å². The predicted molar refractivity (Wildman–Crippen MR) is 78.5 cm³/mol. The van der Waals surface area contributed by atoms with E-state index in [9.17, 15) is 9.59 Å². The van der Waals surface area contributed by atoms with E-state index < -0.39 is 5.97 Å². The van der Waals surface area contributed by atoms with Crippen molar-refractivity contribution in [3.63, 3.8) is 0 Å². The second kappa shape index (κ2) is 8.23. The van der Waals surface area contributed by atoms with Crippen LogP contribution in [0.4, 0.5) is 11.4 Å². The lowest BCUT2D eigenvalue weighted by molar-refractivity contribution is -0.123. The van der Waals surface area contributed by atoms with E-state index in [1.807, 2.05) is 0 Å². The van der Waals surface area contributed by atoms with Crippen LogP contribution in [0.2, 0.25) is 0 Å². The van der Waals surface area contributed by atoms with Crippen LogP contribution < -0.4 is 10.6 Å². The molecule has 1 aromatic carbocycles. The maximum atomic E-state index is 12.1. The van der Waals surface area contributed by atoms with Crippen molar-refractivity contribution in [2.75, 3.05) is 44.1 Å². The number of nitrogens with two attached hydrogens (primary N) is 1. The number of benzene rings is 1. The van der Waals surface area contributed by atoms with Gasteiger partial charge in [0.2, 0.25) is 0 Å². The molecule has 7 heteroatoms. The highest BCUT2D eigenvalue weighted by Crippen LogP contribution is 2.24. The topological polar surface area (TPSA) is 102 Å². The Balaban J connectivity index is 2.79. The van der Waals surface area contributed by atoms with Crippen LogP contribution in [0.25, 0.3) is 0 Å². The van der Waals surface area contributed by atoms with Crippen molar-refractivity contribution in [1.29, 1.82) is 0 Å². The molecule has 0 unspecified atom stereocenters. The van der Waals surface area contributed by atoms with E-state index in [2.05, 4.69) is 0 Å². The van der Waals surface area contributed by atoms with Gasteiger partial charge in [0.1, 0.15) is 6.61 Å². The molecule has 0 radical (unpaired) electrons. The molecule has 0 heterocycles. The fourth-order valence-corrected chi connectivity index (χ4v) is 1.79. The third-order valence-corrected chi connectivity index (χ3v) is 2.84. The van der Waals surface area contributed by atoms with E-state index >= 15 is 0 Å². The van der Waals surface area contributed by atoms with Gasteiger partial charge in [0.15, 0.2) is 0 Å². The Morgan fingerprint density at radius 1 is 1.33 bits per heavy atom. The van der Waals surface area contributed by atoms with Crippen LogP contribution in [0, 0.1) is 0 Å². The summed E-state index contributed by atoms with van der Waals surface area (Å²) in [6.45, 7) is 2.86. The van der Waals surface area contributed by atoms with Gasteiger partial charge in [-0.2, -0.15) is 0 Å². The van der Waals surface area contributed by atoms with Gasteiger partial charge in [-0.1, -0.05) is 0 Å². The standard InChI is InChI=1S/C14H20N2O5/c1-3-16(13(17)9-21-7-6-20-2)12-5-4-10(14(18)19)8-11(12)15/h4-5,8H,3,6-7,9,15H2,1-2H3,(H,18,19). The minimum Gasteiger partial charge on any atom is -0.478 e. The van der Waals surface area contributed by atoms with E-state index in [0.29, 0.717) is 25.4 Å². The number of methoxy groups -OCH3 is 1. The third-order valence-electron chi connectivity index (χ3n) is 2.84. The van der Waals surface area contributed by atoms with Gasteiger partial charge in [-0.15, -0.1) is 0 Å². The predicted octanol–water partition coefficient (Wildman–Crippen LogP) is 0.983. The highest BCUT2D eigenvalue weighted by Gasteiger charge is 2.17. The smallest absolute Gasteiger partial charge is 0.335 e. The van der Waals surface area contributed by atoms with Crippen molar-refractivity contribution in [2.45, 2.75) is 6.92 Å². The number of carboxylic acids is 1. The first-order valence-electron chi connectivity index (χ1n) is 6.51. The van der Waals surface area contributed by atoms with Crippen molar-refractivity contribution in [2.24, 2.45) is 0 Å². The summed E-state index contributed by atoms with van der Waals surface area (Å²) in [5.74, 6) is -1.31. The lowest BCUT2D eigenvalue weighted by atomic mass is 10.1. The number of anilines is 2. The van der Waals surface area contributed by atoms with Crippen LogP contribution in [-0.2, 0) is 14.3 Å². The molecule has 0 saturated carbocycles. The summed E-state index contributed by atoms with van der Waals surface area (Å²) in [5, 5.41) is 8.90. The van der Waals surface area contributed by atoms with Crippen LogP contribution >= 0.6 is 0 Å². The maximum absolute atomic E-state index is 12.1. The lowest BCUT2D eigenvalue weighted by Gasteiger charge is -2.22. The van der Waals surface area contributed by atoms with Crippen LogP contribution in [0.5, 0.6) is 0 Å². The molecule has 0 aliphatic rings. The minimum atomic E-state index is -1.06. The number of likely N-dealkylation sites (N-methyl/N-ethyl adjacent to an activating group) is 1. The second-order valence-electron chi connectivity index (χ2n) is 4.26. The largest absolute Gasteiger partial charge is 0.478 e. The number of rotatable bonds is 8. The van der Waals surface area contributed by atoms with E-state index in [1.54, 1.807) is 14.0 Å². The average molecular weight is 296 g/mol. The number of nitrogens with zero attached hydrogens (tertiary/aromatic N) is 1. The number of hydrogen-bond donors (Lipinski definition) is 2. The molecule has 0 atom stereocenters. The zero-order chi connectivity index (χ0) is 15.8. The summed E-state index contributed by atoms with van der Waals surface area (Å²) in [4.78, 5) is 24.4. The Morgan fingerprint density at radius 3 is 2.57 bits per heavy atom. The van der Waals surface area contributed by atoms with Gasteiger partial charge in [-0.25, -0.2) is 4.79 Å². The summed E-state index contributed by atoms with van der Waals surface area (Å²) in [6, 6.07) is 4.27. The highest BCUT2D eigenvalue weighted by molar-refractivity contribution is 5.98. The molecule has 0 aliphatic heterocycles. The van der Waals surface area contributed by atoms with Crippen molar-refractivity contribution in [1.82, 2.24) is 0 Å². The van der Waals surface area contributed by atoms with Crippen LogP contribution in [0.15, 0.2) is 18.2 Å². The molecule has 3 N–H and O–H groups in total. The molecular weight excluding hydrogens is 276 g/mol. The molecule has 21 heavy (non-hydrogen) atoms. The molecule has 0 aromatic heterocycles. The number of carbonyl (C=O) groups excluding carboxylic acids is 1. The zero-order valence-electron chi connectivity index (χ0n) is 12.2. The minimum absolute atomic E-state index is 0.0797. The Bertz CT molecular complexity index is 504. The van der Waals surface area contributed by atoms with Crippen molar-refractivity contribution < 1.29 is 24.2 Å². The fourth-order valence-electron chi connectivity index (χ4n) is 1.79. The Hall–Kier alpha value is -2.12. The van der Waals surface area contributed by atoms with Gasteiger partial charge in [-0.05, 0) is 25.1 Å². The van der Waals surface area contributed by atoms with Gasteiger partial charge in [0.25, 0.3) is 5.91 Å². The van der Waals surface area contributed by atoms with Gasteiger partial charge in [0, 0.05) is 13.7 Å². The fraction of sp³-hybridized carbons (Fsp3) is 0.429. The SMILES string of the molecule is CCN(C(=O)COCCOC)c1ccc(C(=O)O)cc1N. The lowest BCUT2D eigenvalue weighted by Crippen LogP contribution is -2.34. The summed E-state index contributed by atoms with van der Waals surface area (Å²) >= 11 is 0. The Labute approximate surface area is 123 Å². The Morgan fingerprint density at radius 2 is 2.05 bits per heavy atom. The van der Waals surface area contributed by atoms with E-state index in [-0.39, 0.29) is 23.8 Å². The van der Waals surface area contributed by atoms with Gasteiger partial charge >= 0.3 is 5.97 Å². The molecule has 0 spiro atoms. The Kier molecular flexibility index (Phi) is 6.64. The molecular formula is C14H20N2O5. The van der Waals surface area contributed by atoms with Gasteiger partial charge < -0.3 is 25.2 Å². The monoisotopic (exact) mass is 296 g/mol.